The van der Waals surface area contributed by atoms with Crippen molar-refractivity contribution in [2.45, 2.75) is 56.7 Å². The van der Waals surface area contributed by atoms with E-state index >= 15 is 0 Å². The van der Waals surface area contributed by atoms with Gasteiger partial charge in [-0.2, -0.15) is 0 Å². The summed E-state index contributed by atoms with van der Waals surface area (Å²) in [5.74, 6) is -3.32. The number of nitrogens with one attached hydrogen (secondary N) is 3. The third-order valence-electron chi connectivity index (χ3n) is 3.88. The Morgan fingerprint density at radius 3 is 0.893 bits per heavy atom. The molecule has 3 amide bonds. The molecule has 3 rings (SSSR count). The van der Waals surface area contributed by atoms with Crippen LogP contribution in [0.3, 0.4) is 0 Å². The van der Waals surface area contributed by atoms with Crippen LogP contribution < -0.4 is 16.0 Å². The van der Waals surface area contributed by atoms with Crippen LogP contribution >= 0.6 is 0 Å². The van der Waals surface area contributed by atoms with E-state index in [9.17, 15) is 28.8 Å². The van der Waals surface area contributed by atoms with Gasteiger partial charge in [-0.1, -0.05) is 0 Å². The van der Waals surface area contributed by atoms with Gasteiger partial charge in [-0.25, -0.2) is 14.4 Å². The Labute approximate surface area is 189 Å². The van der Waals surface area contributed by atoms with E-state index in [-0.39, 0.29) is 55.5 Å². The summed E-state index contributed by atoms with van der Waals surface area (Å²) in [7, 11) is 0. The van der Waals surface area contributed by atoms with Gasteiger partial charge >= 0.3 is 17.9 Å². The molecule has 0 spiro atoms. The minimum absolute atomic E-state index is 0. The molecular weight excluding hydrogens is 531 g/mol. The van der Waals surface area contributed by atoms with Gasteiger partial charge in [0.05, 0.1) is 0 Å². The minimum atomic E-state index is -0.944. The number of carboxylic acid groups (broad SMARTS) is 3. The van der Waals surface area contributed by atoms with Gasteiger partial charge in [0.25, 0.3) is 0 Å². The van der Waals surface area contributed by atoms with Crippen LogP contribution in [0.1, 0.15) is 38.5 Å². The first-order valence-electron chi connectivity index (χ1n) is 8.16. The zero-order valence-corrected chi connectivity index (χ0v) is 16.5. The standard InChI is InChI=1S/3C5H7NO3.Ho/c3*7-4-2-1-3(6-4)5(8)9;/h3*3H,1-2H2,(H,6,7)(H,8,9);/t3*3-;/m000./s1. The van der Waals surface area contributed by atoms with Crippen molar-refractivity contribution in [2.75, 3.05) is 0 Å². The first-order chi connectivity index (χ1) is 12.6. The van der Waals surface area contributed by atoms with Crippen LogP contribution in [0, 0.1) is 37.7 Å². The SMILES string of the molecule is O=C1CC[C@@H](C(=O)O)N1.O=C1CC[C@@H](C(=O)O)N1.O=C1CC[C@@H](C(=O)O)N1.[Ho]. The maximum Gasteiger partial charge on any atom is 0.326 e. The van der Waals surface area contributed by atoms with Crippen molar-refractivity contribution in [3.8, 4) is 0 Å². The van der Waals surface area contributed by atoms with Gasteiger partial charge in [0.15, 0.2) is 0 Å². The van der Waals surface area contributed by atoms with Crippen molar-refractivity contribution >= 4 is 35.6 Å². The Balaban J connectivity index is 0.000000384. The second-order valence-electron chi connectivity index (χ2n) is 5.99. The van der Waals surface area contributed by atoms with E-state index in [2.05, 4.69) is 16.0 Å². The van der Waals surface area contributed by atoms with Crippen molar-refractivity contribution in [3.63, 3.8) is 0 Å². The van der Waals surface area contributed by atoms with Crippen LogP contribution in [-0.2, 0) is 28.8 Å². The first kappa shape index (κ1) is 26.1. The van der Waals surface area contributed by atoms with Crippen molar-refractivity contribution < 1.29 is 81.8 Å². The number of rotatable bonds is 3. The van der Waals surface area contributed by atoms with E-state index in [0.29, 0.717) is 38.5 Å². The fourth-order valence-corrected chi connectivity index (χ4v) is 2.40. The van der Waals surface area contributed by atoms with Crippen molar-refractivity contribution in [1.82, 2.24) is 16.0 Å². The summed E-state index contributed by atoms with van der Waals surface area (Å²) in [5, 5.41) is 31.9. The molecule has 3 fully saturated rings. The van der Waals surface area contributed by atoms with Crippen molar-refractivity contribution in [2.24, 2.45) is 0 Å². The molecule has 3 atom stereocenters. The van der Waals surface area contributed by atoms with E-state index in [1.165, 1.54) is 0 Å². The van der Waals surface area contributed by atoms with Crippen LogP contribution in [0.15, 0.2) is 0 Å². The van der Waals surface area contributed by atoms with Gasteiger partial charge in [-0.15, -0.1) is 0 Å². The Kier molecular flexibility index (Phi) is 11.7. The Morgan fingerprint density at radius 2 is 0.821 bits per heavy atom. The third kappa shape index (κ3) is 9.33. The molecule has 0 unspecified atom stereocenters. The van der Waals surface area contributed by atoms with E-state index in [1.807, 2.05) is 0 Å². The average Bonchev–Trinajstić information content (AvgIpc) is 3.30. The van der Waals surface area contributed by atoms with Crippen LogP contribution in [0.2, 0.25) is 0 Å². The van der Waals surface area contributed by atoms with E-state index in [1.54, 1.807) is 0 Å². The molecule has 3 saturated heterocycles. The van der Waals surface area contributed by atoms with Crippen LogP contribution in [0.4, 0.5) is 0 Å². The molecule has 0 aromatic rings. The number of carbonyl (C=O) groups is 6. The molecule has 1 radical (unpaired) electrons. The molecule has 0 bridgehead atoms. The molecule has 0 aromatic heterocycles. The van der Waals surface area contributed by atoms with Gasteiger partial charge < -0.3 is 31.3 Å². The quantitative estimate of drug-likeness (QED) is 0.216. The molecule has 3 aliphatic rings. The molecule has 3 heterocycles. The maximum atomic E-state index is 10.4. The van der Waals surface area contributed by atoms with Crippen molar-refractivity contribution in [3.05, 3.63) is 0 Å². The molecular formula is C15H21HoN3O9. The summed E-state index contributed by atoms with van der Waals surface area (Å²) in [6, 6.07) is -1.92. The maximum absolute atomic E-state index is 10.4. The number of carboxylic acids is 3. The number of carbonyl (C=O) groups excluding carboxylic acids is 3. The Morgan fingerprint density at radius 1 is 0.607 bits per heavy atom. The molecule has 6 N–H and O–H groups in total. The number of aliphatic carboxylic acids is 3. The molecule has 12 nitrogen and oxygen atoms in total. The molecule has 3 aliphatic heterocycles. The summed E-state index contributed by atoms with van der Waals surface area (Å²) in [4.78, 5) is 61.5. The largest absolute Gasteiger partial charge is 0.480 e. The summed E-state index contributed by atoms with van der Waals surface area (Å²) in [6.45, 7) is 0. The smallest absolute Gasteiger partial charge is 0.326 e. The normalized spacial score (nSPS) is 24.9. The molecule has 13 heteroatoms. The zero-order valence-electron chi connectivity index (χ0n) is 14.6. The second-order valence-corrected chi connectivity index (χ2v) is 5.99. The molecule has 0 saturated carbocycles. The number of amides is 3. The Hall–Kier alpha value is -1.92. The topological polar surface area (TPSA) is 199 Å². The van der Waals surface area contributed by atoms with E-state index < -0.39 is 36.0 Å². The van der Waals surface area contributed by atoms with E-state index in [4.69, 9.17) is 15.3 Å². The van der Waals surface area contributed by atoms with Gasteiger partial charge in [-0.3, -0.25) is 14.4 Å². The van der Waals surface area contributed by atoms with Gasteiger partial charge in [0.2, 0.25) is 17.7 Å². The van der Waals surface area contributed by atoms with Gasteiger partial charge in [0, 0.05) is 57.0 Å². The first-order valence-corrected chi connectivity index (χ1v) is 8.16. The molecule has 0 aromatic carbocycles. The number of hydrogen-bond donors (Lipinski definition) is 6. The second kappa shape index (κ2) is 12.5. The van der Waals surface area contributed by atoms with E-state index in [0.717, 1.165) is 0 Å². The molecule has 28 heavy (non-hydrogen) atoms. The zero-order chi connectivity index (χ0) is 20.6. The van der Waals surface area contributed by atoms with Crippen molar-refractivity contribution in [1.29, 1.82) is 0 Å². The fourth-order valence-electron chi connectivity index (χ4n) is 2.40. The average molecular weight is 552 g/mol. The summed E-state index contributed by atoms with van der Waals surface area (Å²) >= 11 is 0. The Bertz CT molecular complexity index is 555. The van der Waals surface area contributed by atoms with Crippen LogP contribution in [-0.4, -0.2) is 69.1 Å². The van der Waals surface area contributed by atoms with Gasteiger partial charge in [0.1, 0.15) is 18.1 Å². The molecule has 0 aliphatic carbocycles. The predicted molar refractivity (Wildman–Crippen MR) is 86.4 cm³/mol. The van der Waals surface area contributed by atoms with Gasteiger partial charge in [-0.05, 0) is 19.3 Å². The fraction of sp³-hybridized carbons (Fsp3) is 0.600. The van der Waals surface area contributed by atoms with Crippen LogP contribution in [0.5, 0.6) is 0 Å². The molecule has 161 valence electrons. The monoisotopic (exact) mass is 552 g/mol. The minimum Gasteiger partial charge on any atom is -0.480 e. The summed E-state index contributed by atoms with van der Waals surface area (Å²) < 4.78 is 0. The third-order valence-corrected chi connectivity index (χ3v) is 3.88. The van der Waals surface area contributed by atoms with Crippen LogP contribution in [0.25, 0.3) is 0 Å². The summed E-state index contributed by atoms with van der Waals surface area (Å²) in [6.07, 6.45) is 2.31. The predicted octanol–water partition coefficient (Wildman–Crippen LogP) is -1.95. The number of hydrogen-bond acceptors (Lipinski definition) is 6. The summed E-state index contributed by atoms with van der Waals surface area (Å²) in [5.41, 5.74) is 0.